The van der Waals surface area contributed by atoms with Gasteiger partial charge >= 0.3 is 0 Å². The number of likely N-dealkylation sites (tertiary alicyclic amines) is 1. The molecule has 1 aliphatic heterocycles. The topological polar surface area (TPSA) is 59.2 Å². The summed E-state index contributed by atoms with van der Waals surface area (Å²) in [6.45, 7) is 0.642. The molecule has 1 amide bonds. The van der Waals surface area contributed by atoms with Crippen molar-refractivity contribution >= 4 is 17.5 Å². The maximum Gasteiger partial charge on any atom is 0.231 e. The van der Waals surface area contributed by atoms with Gasteiger partial charge in [0.1, 0.15) is 5.82 Å². The van der Waals surface area contributed by atoms with Crippen molar-refractivity contribution in [1.29, 1.82) is 0 Å². The van der Waals surface area contributed by atoms with Gasteiger partial charge in [0, 0.05) is 35.5 Å². The zero-order valence-electron chi connectivity index (χ0n) is 14.5. The quantitative estimate of drug-likeness (QED) is 0.804. The molecule has 2 aromatic rings. The van der Waals surface area contributed by atoms with Crippen LogP contribution in [0.3, 0.4) is 0 Å². The van der Waals surface area contributed by atoms with Crippen molar-refractivity contribution in [2.45, 2.75) is 56.9 Å². The lowest BCUT2D eigenvalue weighted by atomic mass is 9.94. The van der Waals surface area contributed by atoms with E-state index in [1.807, 2.05) is 4.90 Å². The molecule has 26 heavy (non-hydrogen) atoms. The van der Waals surface area contributed by atoms with Crippen LogP contribution in [0.15, 0.2) is 22.7 Å². The van der Waals surface area contributed by atoms with E-state index in [2.05, 4.69) is 10.1 Å². The Balaban J connectivity index is 1.46. The van der Waals surface area contributed by atoms with E-state index >= 15 is 0 Å². The Kier molecular flexibility index (Phi) is 4.94. The van der Waals surface area contributed by atoms with Crippen LogP contribution in [0.4, 0.5) is 4.39 Å². The Morgan fingerprint density at radius 3 is 2.85 bits per heavy atom. The third-order valence-corrected chi connectivity index (χ3v) is 5.77. The molecule has 0 radical (unpaired) electrons. The molecular weight excluding hydrogens is 357 g/mol. The standard InChI is InChI=1S/C19H21ClFN3O2/c20-15-7-4-8-16(21)14(15)10-17-22-19(23-26-17)12-9-18(25)24(11-12)13-5-2-1-3-6-13/h4,7-8,12-13H,1-3,5-6,9-11H2/t12-/m1/s1. The third kappa shape index (κ3) is 3.47. The average molecular weight is 378 g/mol. The summed E-state index contributed by atoms with van der Waals surface area (Å²) in [5, 5.41) is 4.37. The zero-order valence-corrected chi connectivity index (χ0v) is 15.2. The molecule has 1 aromatic heterocycles. The molecule has 0 N–H and O–H groups in total. The van der Waals surface area contributed by atoms with E-state index in [1.165, 1.54) is 25.3 Å². The Morgan fingerprint density at radius 1 is 1.27 bits per heavy atom. The first kappa shape index (κ1) is 17.5. The van der Waals surface area contributed by atoms with Gasteiger partial charge in [-0.05, 0) is 25.0 Å². The third-order valence-electron chi connectivity index (χ3n) is 5.41. The van der Waals surface area contributed by atoms with Crippen LogP contribution in [0.25, 0.3) is 0 Å². The Labute approximate surface area is 156 Å². The molecule has 1 saturated carbocycles. The van der Waals surface area contributed by atoms with E-state index < -0.39 is 5.82 Å². The van der Waals surface area contributed by atoms with E-state index in [9.17, 15) is 9.18 Å². The lowest BCUT2D eigenvalue weighted by molar-refractivity contribution is -0.130. The second-order valence-corrected chi connectivity index (χ2v) is 7.57. The van der Waals surface area contributed by atoms with Gasteiger partial charge in [-0.25, -0.2) is 4.39 Å². The summed E-state index contributed by atoms with van der Waals surface area (Å²) in [7, 11) is 0. The molecule has 0 spiro atoms. The van der Waals surface area contributed by atoms with Crippen LogP contribution in [-0.4, -0.2) is 33.5 Å². The van der Waals surface area contributed by atoms with E-state index in [0.717, 1.165) is 12.8 Å². The molecule has 1 saturated heterocycles. The van der Waals surface area contributed by atoms with Crippen molar-refractivity contribution < 1.29 is 13.7 Å². The van der Waals surface area contributed by atoms with Gasteiger partial charge in [-0.1, -0.05) is 42.1 Å². The first-order chi connectivity index (χ1) is 12.6. The number of carbonyl (C=O) groups excluding carboxylic acids is 1. The Hall–Kier alpha value is -1.95. The molecule has 1 atom stereocenters. The Bertz CT molecular complexity index is 784. The van der Waals surface area contributed by atoms with Gasteiger partial charge in [0.25, 0.3) is 0 Å². The van der Waals surface area contributed by atoms with Crippen LogP contribution >= 0.6 is 11.6 Å². The molecule has 138 valence electrons. The number of carbonyl (C=O) groups is 1. The van der Waals surface area contributed by atoms with Crippen molar-refractivity contribution in [3.8, 4) is 0 Å². The van der Waals surface area contributed by atoms with E-state index in [1.54, 1.807) is 12.1 Å². The number of aromatic nitrogens is 2. The largest absolute Gasteiger partial charge is 0.339 e. The maximum absolute atomic E-state index is 13.9. The highest BCUT2D eigenvalue weighted by atomic mass is 35.5. The molecule has 1 aromatic carbocycles. The van der Waals surface area contributed by atoms with Crippen LogP contribution in [0.5, 0.6) is 0 Å². The molecule has 2 aliphatic rings. The van der Waals surface area contributed by atoms with Crippen molar-refractivity contribution in [1.82, 2.24) is 15.0 Å². The van der Waals surface area contributed by atoms with Crippen LogP contribution in [0.1, 0.15) is 61.7 Å². The fourth-order valence-electron chi connectivity index (χ4n) is 4.01. The Morgan fingerprint density at radius 2 is 2.08 bits per heavy atom. The molecule has 0 unspecified atom stereocenters. The number of amides is 1. The highest BCUT2D eigenvalue weighted by Crippen LogP contribution is 2.32. The fourth-order valence-corrected chi connectivity index (χ4v) is 4.24. The molecule has 5 nitrogen and oxygen atoms in total. The summed E-state index contributed by atoms with van der Waals surface area (Å²) in [6.07, 6.45) is 6.36. The monoisotopic (exact) mass is 377 g/mol. The number of hydrogen-bond acceptors (Lipinski definition) is 4. The fraction of sp³-hybridized carbons (Fsp3) is 0.526. The van der Waals surface area contributed by atoms with Crippen LogP contribution in [0.2, 0.25) is 5.02 Å². The summed E-state index contributed by atoms with van der Waals surface area (Å²) >= 11 is 6.06. The molecule has 1 aliphatic carbocycles. The number of hydrogen-bond donors (Lipinski definition) is 0. The van der Waals surface area contributed by atoms with Gasteiger partial charge in [-0.2, -0.15) is 4.98 Å². The normalized spacial score (nSPS) is 21.5. The molecule has 4 rings (SSSR count). The minimum absolute atomic E-state index is 0.0574. The van der Waals surface area contributed by atoms with Gasteiger partial charge in [-0.3, -0.25) is 4.79 Å². The van der Waals surface area contributed by atoms with Crippen LogP contribution in [0, 0.1) is 5.82 Å². The van der Waals surface area contributed by atoms with Crippen molar-refractivity contribution in [3.05, 3.63) is 46.3 Å². The van der Waals surface area contributed by atoms with Gasteiger partial charge < -0.3 is 9.42 Å². The first-order valence-electron chi connectivity index (χ1n) is 9.16. The number of benzene rings is 1. The minimum atomic E-state index is -0.392. The number of nitrogens with zero attached hydrogens (tertiary/aromatic N) is 3. The van der Waals surface area contributed by atoms with Crippen LogP contribution < -0.4 is 0 Å². The number of rotatable bonds is 4. The predicted molar refractivity (Wildman–Crippen MR) is 94.5 cm³/mol. The lowest BCUT2D eigenvalue weighted by Gasteiger charge is -2.31. The first-order valence-corrected chi connectivity index (χ1v) is 9.54. The molecule has 2 fully saturated rings. The van der Waals surface area contributed by atoms with Gasteiger partial charge in [0.15, 0.2) is 5.82 Å². The number of halogens is 2. The highest BCUT2D eigenvalue weighted by Gasteiger charge is 2.37. The molecular formula is C19H21ClFN3O2. The van der Waals surface area contributed by atoms with Gasteiger partial charge in [0.05, 0.1) is 6.42 Å². The van der Waals surface area contributed by atoms with E-state index in [-0.39, 0.29) is 18.2 Å². The summed E-state index contributed by atoms with van der Waals surface area (Å²) in [5.41, 5.74) is 0.343. The second-order valence-electron chi connectivity index (χ2n) is 7.16. The minimum Gasteiger partial charge on any atom is -0.339 e. The van der Waals surface area contributed by atoms with E-state index in [4.69, 9.17) is 16.1 Å². The SMILES string of the molecule is O=C1C[C@@H](c2noc(Cc3c(F)cccc3Cl)n2)CN1C1CCCCC1. The van der Waals surface area contributed by atoms with Crippen molar-refractivity contribution in [3.63, 3.8) is 0 Å². The van der Waals surface area contributed by atoms with Crippen molar-refractivity contribution in [2.24, 2.45) is 0 Å². The molecule has 0 bridgehead atoms. The second kappa shape index (κ2) is 7.35. The smallest absolute Gasteiger partial charge is 0.231 e. The van der Waals surface area contributed by atoms with Crippen LogP contribution in [-0.2, 0) is 11.2 Å². The summed E-state index contributed by atoms with van der Waals surface area (Å²) < 4.78 is 19.2. The lowest BCUT2D eigenvalue weighted by Crippen LogP contribution is -2.37. The summed E-state index contributed by atoms with van der Waals surface area (Å²) in [4.78, 5) is 18.8. The summed E-state index contributed by atoms with van der Waals surface area (Å²) in [5.74, 6) is 0.565. The van der Waals surface area contributed by atoms with E-state index in [0.29, 0.717) is 41.3 Å². The summed E-state index contributed by atoms with van der Waals surface area (Å²) in [6, 6.07) is 4.90. The van der Waals surface area contributed by atoms with Crippen molar-refractivity contribution in [2.75, 3.05) is 6.54 Å². The highest BCUT2D eigenvalue weighted by molar-refractivity contribution is 6.31. The van der Waals surface area contributed by atoms with Gasteiger partial charge in [-0.15, -0.1) is 0 Å². The molecule has 2 heterocycles. The average Bonchev–Trinajstić information content (AvgIpc) is 3.26. The molecule has 7 heteroatoms. The zero-order chi connectivity index (χ0) is 18.1. The predicted octanol–water partition coefficient (Wildman–Crippen LogP) is 4.10. The maximum atomic E-state index is 13.9. The van der Waals surface area contributed by atoms with Gasteiger partial charge in [0.2, 0.25) is 11.8 Å².